The van der Waals surface area contributed by atoms with Crippen molar-refractivity contribution in [3.05, 3.63) is 75.4 Å². The highest BCUT2D eigenvalue weighted by molar-refractivity contribution is 8.18. The van der Waals surface area contributed by atoms with Gasteiger partial charge >= 0.3 is 5.97 Å². The second kappa shape index (κ2) is 9.53. The maximum Gasteiger partial charge on any atom is 0.344 e. The minimum absolute atomic E-state index is 0.0261. The number of esters is 1. The molecule has 31 heavy (non-hydrogen) atoms. The summed E-state index contributed by atoms with van der Waals surface area (Å²) >= 11 is 0.984. The van der Waals surface area contributed by atoms with Gasteiger partial charge in [-0.3, -0.25) is 4.79 Å². The number of thioether (sulfide) groups is 1. The number of benzene rings is 2. The zero-order valence-electron chi connectivity index (χ0n) is 17.2. The summed E-state index contributed by atoms with van der Waals surface area (Å²) in [4.78, 5) is 29.6. The van der Waals surface area contributed by atoms with Crippen molar-refractivity contribution in [1.82, 2.24) is 0 Å². The number of nitrogens with zero attached hydrogens (tertiary/aromatic N) is 1. The fraction of sp³-hybridized carbons (Fsp3) is 0.174. The number of aliphatic hydroxyl groups is 1. The number of phenolic OH excluding ortho intramolecular Hbond substituents is 1. The summed E-state index contributed by atoms with van der Waals surface area (Å²) in [6, 6.07) is 11.6. The third-order valence-corrected chi connectivity index (χ3v) is 5.47. The first-order valence-corrected chi connectivity index (χ1v) is 10.2. The van der Waals surface area contributed by atoms with Crippen LogP contribution in [0.4, 0.5) is 0 Å². The first-order chi connectivity index (χ1) is 14.8. The van der Waals surface area contributed by atoms with Gasteiger partial charge in [-0.25, -0.2) is 9.79 Å². The summed E-state index contributed by atoms with van der Waals surface area (Å²) in [5.74, 6) is -1.39. The Kier molecular flexibility index (Phi) is 6.81. The lowest BCUT2D eigenvalue weighted by molar-refractivity contribution is -0.138. The lowest BCUT2D eigenvalue weighted by Crippen LogP contribution is -2.14. The number of carbonyl (C=O) groups excluding carboxylic acids is 2. The van der Waals surface area contributed by atoms with E-state index >= 15 is 0 Å². The Morgan fingerprint density at radius 1 is 1.16 bits per heavy atom. The summed E-state index contributed by atoms with van der Waals surface area (Å²) in [5, 5.41) is 20.5. The van der Waals surface area contributed by atoms with E-state index in [1.807, 2.05) is 6.07 Å². The third-order valence-electron chi connectivity index (χ3n) is 4.45. The highest BCUT2D eigenvalue weighted by Gasteiger charge is 2.34. The maximum atomic E-state index is 12.7. The van der Waals surface area contributed by atoms with E-state index in [1.165, 1.54) is 13.2 Å². The van der Waals surface area contributed by atoms with Crippen LogP contribution in [-0.4, -0.2) is 40.8 Å². The average Bonchev–Trinajstić information content (AvgIpc) is 3.04. The number of aryl methyl sites for hydroxylation is 1. The monoisotopic (exact) mass is 439 g/mol. The van der Waals surface area contributed by atoms with Crippen LogP contribution in [-0.2, 0) is 9.53 Å². The van der Waals surface area contributed by atoms with Crippen molar-refractivity contribution >= 4 is 34.8 Å². The summed E-state index contributed by atoms with van der Waals surface area (Å²) in [6.45, 7) is 3.54. The smallest absolute Gasteiger partial charge is 0.344 e. The molecule has 0 aromatic heterocycles. The summed E-state index contributed by atoms with van der Waals surface area (Å²) in [5.41, 5.74) is 1.60. The predicted molar refractivity (Wildman–Crippen MR) is 119 cm³/mol. The highest BCUT2D eigenvalue weighted by Crippen LogP contribution is 2.40. The Hall–Kier alpha value is -3.52. The Morgan fingerprint density at radius 3 is 2.58 bits per heavy atom. The number of methoxy groups -OCH3 is 1. The Labute approximate surface area is 183 Å². The molecule has 0 unspecified atom stereocenters. The molecule has 0 bridgehead atoms. The fourth-order valence-electron chi connectivity index (χ4n) is 2.89. The molecule has 0 radical (unpaired) electrons. The van der Waals surface area contributed by atoms with Crippen LogP contribution in [0.25, 0.3) is 6.08 Å². The van der Waals surface area contributed by atoms with E-state index in [0.717, 1.165) is 17.3 Å². The second-order valence-corrected chi connectivity index (χ2v) is 7.55. The quantitative estimate of drug-likeness (QED) is 0.665. The first kappa shape index (κ1) is 22.2. The minimum atomic E-state index is -0.768. The first-order valence-electron chi connectivity index (χ1n) is 9.42. The SMILES string of the molecule is CCOC(=O)C1=C(O)/C(=C/c2ccc(O)c(OC)c2)SC1=NC(=O)c1ccccc1C. The van der Waals surface area contributed by atoms with Crippen molar-refractivity contribution < 1.29 is 29.3 Å². The van der Waals surface area contributed by atoms with Crippen LogP contribution in [0.5, 0.6) is 11.5 Å². The van der Waals surface area contributed by atoms with Crippen molar-refractivity contribution in [2.45, 2.75) is 13.8 Å². The molecule has 0 saturated heterocycles. The molecule has 0 atom stereocenters. The van der Waals surface area contributed by atoms with E-state index in [-0.39, 0.29) is 34.5 Å². The molecule has 1 heterocycles. The number of aliphatic hydroxyl groups excluding tert-OH is 1. The fourth-order valence-corrected chi connectivity index (χ4v) is 3.91. The van der Waals surface area contributed by atoms with Gasteiger partial charge in [-0.2, -0.15) is 0 Å². The largest absolute Gasteiger partial charge is 0.506 e. The Bertz CT molecular complexity index is 1130. The molecule has 0 aliphatic carbocycles. The van der Waals surface area contributed by atoms with Crippen molar-refractivity contribution in [1.29, 1.82) is 0 Å². The lowest BCUT2D eigenvalue weighted by Gasteiger charge is -2.04. The van der Waals surface area contributed by atoms with E-state index in [1.54, 1.807) is 50.3 Å². The van der Waals surface area contributed by atoms with Crippen LogP contribution in [0.3, 0.4) is 0 Å². The molecule has 2 aromatic carbocycles. The molecule has 0 spiro atoms. The van der Waals surface area contributed by atoms with Crippen LogP contribution in [0.15, 0.2) is 63.7 Å². The maximum absolute atomic E-state index is 12.7. The third kappa shape index (κ3) is 4.80. The minimum Gasteiger partial charge on any atom is -0.506 e. The topological polar surface area (TPSA) is 105 Å². The number of carbonyl (C=O) groups is 2. The van der Waals surface area contributed by atoms with Gasteiger partial charge in [-0.05, 0) is 49.2 Å². The number of rotatable bonds is 5. The van der Waals surface area contributed by atoms with Gasteiger partial charge in [-0.1, -0.05) is 36.0 Å². The molecule has 0 saturated carbocycles. The van der Waals surface area contributed by atoms with E-state index in [4.69, 9.17) is 9.47 Å². The van der Waals surface area contributed by atoms with Crippen molar-refractivity contribution in [2.24, 2.45) is 4.99 Å². The number of ether oxygens (including phenoxy) is 2. The molecule has 8 heteroatoms. The molecule has 1 aliphatic rings. The van der Waals surface area contributed by atoms with Crippen LogP contribution < -0.4 is 4.74 Å². The van der Waals surface area contributed by atoms with Crippen LogP contribution >= 0.6 is 11.8 Å². The van der Waals surface area contributed by atoms with Gasteiger partial charge in [0.05, 0.1) is 18.6 Å². The van der Waals surface area contributed by atoms with E-state index in [2.05, 4.69) is 4.99 Å². The van der Waals surface area contributed by atoms with Gasteiger partial charge in [0.2, 0.25) is 0 Å². The van der Waals surface area contributed by atoms with Crippen molar-refractivity contribution in [3.8, 4) is 11.5 Å². The molecule has 1 amide bonds. The standard InChI is InChI=1S/C23H21NO6S/c1-4-30-23(28)19-20(26)18(12-14-9-10-16(25)17(11-14)29-3)31-22(19)24-21(27)15-8-6-5-7-13(15)2/h5-12,25-26H,4H2,1-3H3/b18-12-,24-22?. The van der Waals surface area contributed by atoms with Gasteiger partial charge in [-0.15, -0.1) is 0 Å². The number of aromatic hydroxyl groups is 1. The molecular formula is C23H21NO6S. The average molecular weight is 439 g/mol. The lowest BCUT2D eigenvalue weighted by atomic mass is 10.1. The number of phenols is 1. The van der Waals surface area contributed by atoms with Gasteiger partial charge < -0.3 is 19.7 Å². The number of amides is 1. The van der Waals surface area contributed by atoms with Gasteiger partial charge in [0.1, 0.15) is 16.4 Å². The summed E-state index contributed by atoms with van der Waals surface area (Å²) in [7, 11) is 1.43. The molecule has 0 fully saturated rings. The van der Waals surface area contributed by atoms with Crippen molar-refractivity contribution in [3.63, 3.8) is 0 Å². The Balaban J connectivity index is 2.04. The highest BCUT2D eigenvalue weighted by atomic mass is 32.2. The summed E-state index contributed by atoms with van der Waals surface area (Å²) < 4.78 is 10.1. The molecule has 7 nitrogen and oxygen atoms in total. The number of hydrogen-bond donors (Lipinski definition) is 2. The van der Waals surface area contributed by atoms with Gasteiger partial charge in [0.25, 0.3) is 5.91 Å². The van der Waals surface area contributed by atoms with Crippen LogP contribution in [0.1, 0.15) is 28.4 Å². The molecular weight excluding hydrogens is 418 g/mol. The van der Waals surface area contributed by atoms with E-state index < -0.39 is 11.9 Å². The molecule has 3 rings (SSSR count). The predicted octanol–water partition coefficient (Wildman–Crippen LogP) is 4.41. The Morgan fingerprint density at radius 2 is 1.90 bits per heavy atom. The zero-order chi connectivity index (χ0) is 22.5. The van der Waals surface area contributed by atoms with E-state index in [0.29, 0.717) is 16.0 Å². The summed E-state index contributed by atoms with van der Waals surface area (Å²) in [6.07, 6.45) is 1.60. The van der Waals surface area contributed by atoms with Crippen LogP contribution in [0, 0.1) is 6.92 Å². The molecule has 160 valence electrons. The molecule has 1 aliphatic heterocycles. The normalized spacial score (nSPS) is 16.1. The van der Waals surface area contributed by atoms with Crippen LogP contribution in [0.2, 0.25) is 0 Å². The van der Waals surface area contributed by atoms with Crippen molar-refractivity contribution in [2.75, 3.05) is 13.7 Å². The second-order valence-electron chi connectivity index (χ2n) is 6.52. The molecule has 2 aromatic rings. The van der Waals surface area contributed by atoms with Gasteiger partial charge in [0, 0.05) is 5.56 Å². The van der Waals surface area contributed by atoms with E-state index in [9.17, 15) is 19.8 Å². The molecule has 2 N–H and O–H groups in total. The van der Waals surface area contributed by atoms with Gasteiger partial charge in [0.15, 0.2) is 11.5 Å². The number of hydrogen-bond acceptors (Lipinski definition) is 7. The number of aliphatic imine (C=N–C) groups is 1. The zero-order valence-corrected chi connectivity index (χ0v) is 18.0.